The third-order valence-corrected chi connectivity index (χ3v) is 3.60. The van der Waals surface area contributed by atoms with Gasteiger partial charge in [0.25, 0.3) is 0 Å². The number of nitriles is 1. The highest BCUT2D eigenvalue weighted by molar-refractivity contribution is 5.40. The van der Waals surface area contributed by atoms with E-state index in [0.717, 1.165) is 17.9 Å². The van der Waals surface area contributed by atoms with E-state index >= 15 is 0 Å². The first kappa shape index (κ1) is 14.8. The minimum atomic E-state index is 0.0833. The van der Waals surface area contributed by atoms with Crippen LogP contribution in [0.1, 0.15) is 29.7 Å². The maximum absolute atomic E-state index is 8.79. The van der Waals surface area contributed by atoms with Gasteiger partial charge in [-0.3, -0.25) is 4.68 Å². The van der Waals surface area contributed by atoms with Crippen molar-refractivity contribution < 1.29 is 0 Å². The van der Waals surface area contributed by atoms with Crippen molar-refractivity contribution in [1.82, 2.24) is 14.8 Å². The van der Waals surface area contributed by atoms with Crippen LogP contribution >= 0.6 is 0 Å². The molecule has 0 aliphatic rings. The number of pyridine rings is 1. The molecule has 3 aromatic rings. The van der Waals surface area contributed by atoms with Crippen molar-refractivity contribution in [3.8, 4) is 6.07 Å². The first-order chi connectivity index (χ1) is 11.2. The summed E-state index contributed by atoms with van der Waals surface area (Å²) < 4.78 is 1.93. The lowest BCUT2D eigenvalue weighted by Gasteiger charge is -2.12. The molecule has 5 nitrogen and oxygen atoms in total. The average molecular weight is 303 g/mol. The summed E-state index contributed by atoms with van der Waals surface area (Å²) in [5.74, 6) is 0.743. The molecule has 0 aliphatic heterocycles. The fraction of sp³-hybridized carbons (Fsp3) is 0.167. The van der Waals surface area contributed by atoms with Crippen molar-refractivity contribution in [2.24, 2.45) is 0 Å². The largest absolute Gasteiger partial charge is 0.363 e. The summed E-state index contributed by atoms with van der Waals surface area (Å²) in [5.41, 5.74) is 2.86. The van der Waals surface area contributed by atoms with Crippen molar-refractivity contribution in [3.63, 3.8) is 0 Å². The van der Waals surface area contributed by atoms with E-state index in [1.165, 1.54) is 5.56 Å². The molecule has 114 valence electrons. The Bertz CT molecular complexity index is 799. The Morgan fingerprint density at radius 2 is 2.00 bits per heavy atom. The zero-order chi connectivity index (χ0) is 16.1. The van der Waals surface area contributed by atoms with Gasteiger partial charge in [0.05, 0.1) is 24.3 Å². The Morgan fingerprint density at radius 1 is 1.17 bits per heavy atom. The van der Waals surface area contributed by atoms with Crippen molar-refractivity contribution in [3.05, 3.63) is 77.7 Å². The van der Waals surface area contributed by atoms with E-state index in [4.69, 9.17) is 5.26 Å². The highest BCUT2D eigenvalue weighted by Crippen LogP contribution is 2.17. The predicted octanol–water partition coefficient (Wildman–Crippen LogP) is 3.37. The zero-order valence-corrected chi connectivity index (χ0v) is 12.8. The second-order valence-corrected chi connectivity index (χ2v) is 5.37. The van der Waals surface area contributed by atoms with Gasteiger partial charge in [0, 0.05) is 18.0 Å². The molecule has 0 amide bonds. The second-order valence-electron chi connectivity index (χ2n) is 5.37. The molecule has 23 heavy (non-hydrogen) atoms. The summed E-state index contributed by atoms with van der Waals surface area (Å²) in [6.07, 6.45) is 5.46. The van der Waals surface area contributed by atoms with Crippen LogP contribution in [0.4, 0.5) is 5.82 Å². The summed E-state index contributed by atoms with van der Waals surface area (Å²) in [6, 6.07) is 15.9. The smallest absolute Gasteiger partial charge is 0.126 e. The molecule has 2 heterocycles. The van der Waals surface area contributed by atoms with E-state index in [1.54, 1.807) is 12.3 Å². The first-order valence-electron chi connectivity index (χ1n) is 7.43. The van der Waals surface area contributed by atoms with Crippen molar-refractivity contribution >= 4 is 5.82 Å². The molecule has 3 rings (SSSR count). The fourth-order valence-corrected chi connectivity index (χ4v) is 2.31. The van der Waals surface area contributed by atoms with Gasteiger partial charge in [-0.1, -0.05) is 30.3 Å². The molecule has 1 unspecified atom stereocenters. The molecule has 0 spiro atoms. The number of benzene rings is 1. The molecule has 1 aromatic carbocycles. The number of anilines is 1. The number of aromatic nitrogens is 3. The predicted molar refractivity (Wildman–Crippen MR) is 88.8 cm³/mol. The van der Waals surface area contributed by atoms with Gasteiger partial charge in [-0.25, -0.2) is 4.98 Å². The molecule has 0 bridgehead atoms. The van der Waals surface area contributed by atoms with E-state index in [1.807, 2.05) is 41.3 Å². The SMILES string of the molecule is CC(Nc1ccc(C#N)cn1)c1cnn(Cc2ccccc2)c1. The standard InChI is InChI=1S/C18H17N5/c1-14(22-18-8-7-16(9-19)10-20-18)17-11-21-23(13-17)12-15-5-3-2-4-6-15/h2-8,10-11,13-14H,12H2,1H3,(H,20,22). The topological polar surface area (TPSA) is 66.5 Å². The fourth-order valence-electron chi connectivity index (χ4n) is 2.31. The van der Waals surface area contributed by atoms with Gasteiger partial charge in [0.15, 0.2) is 0 Å². The van der Waals surface area contributed by atoms with Crippen LogP contribution in [-0.4, -0.2) is 14.8 Å². The summed E-state index contributed by atoms with van der Waals surface area (Å²) in [6.45, 7) is 2.81. The number of rotatable bonds is 5. The Kier molecular flexibility index (Phi) is 4.34. The van der Waals surface area contributed by atoms with Crippen LogP contribution in [0.25, 0.3) is 0 Å². The van der Waals surface area contributed by atoms with Crippen molar-refractivity contribution in [2.45, 2.75) is 19.5 Å². The lowest BCUT2D eigenvalue weighted by Crippen LogP contribution is -2.07. The van der Waals surface area contributed by atoms with E-state index < -0.39 is 0 Å². The van der Waals surface area contributed by atoms with Crippen LogP contribution in [-0.2, 0) is 6.54 Å². The van der Waals surface area contributed by atoms with Crippen LogP contribution in [0.2, 0.25) is 0 Å². The monoisotopic (exact) mass is 303 g/mol. The Morgan fingerprint density at radius 3 is 2.70 bits per heavy atom. The minimum Gasteiger partial charge on any atom is -0.363 e. The van der Waals surface area contributed by atoms with E-state index in [0.29, 0.717) is 5.56 Å². The molecule has 5 heteroatoms. The highest BCUT2D eigenvalue weighted by Gasteiger charge is 2.09. The zero-order valence-electron chi connectivity index (χ0n) is 12.8. The molecular weight excluding hydrogens is 286 g/mol. The molecule has 1 N–H and O–H groups in total. The van der Waals surface area contributed by atoms with Gasteiger partial charge in [0.1, 0.15) is 11.9 Å². The Hall–Kier alpha value is -3.13. The lowest BCUT2D eigenvalue weighted by atomic mass is 10.2. The van der Waals surface area contributed by atoms with Gasteiger partial charge in [-0.05, 0) is 24.6 Å². The summed E-state index contributed by atoms with van der Waals surface area (Å²) in [4.78, 5) is 4.23. The van der Waals surface area contributed by atoms with E-state index in [-0.39, 0.29) is 6.04 Å². The molecule has 2 aromatic heterocycles. The Balaban J connectivity index is 1.66. The van der Waals surface area contributed by atoms with E-state index in [2.05, 4.69) is 40.5 Å². The number of nitrogens with zero attached hydrogens (tertiary/aromatic N) is 4. The molecule has 0 saturated carbocycles. The average Bonchev–Trinajstić information content (AvgIpc) is 3.05. The van der Waals surface area contributed by atoms with Gasteiger partial charge < -0.3 is 5.32 Å². The highest BCUT2D eigenvalue weighted by atomic mass is 15.3. The first-order valence-corrected chi connectivity index (χ1v) is 7.43. The molecule has 0 radical (unpaired) electrons. The maximum atomic E-state index is 8.79. The van der Waals surface area contributed by atoms with Crippen molar-refractivity contribution in [1.29, 1.82) is 5.26 Å². The van der Waals surface area contributed by atoms with Crippen LogP contribution in [0.5, 0.6) is 0 Å². The van der Waals surface area contributed by atoms with Crippen LogP contribution in [0, 0.1) is 11.3 Å². The number of nitrogens with one attached hydrogen (secondary N) is 1. The molecule has 0 saturated heterocycles. The third kappa shape index (κ3) is 3.74. The van der Waals surface area contributed by atoms with Gasteiger partial charge in [-0.2, -0.15) is 10.4 Å². The summed E-state index contributed by atoms with van der Waals surface area (Å²) in [7, 11) is 0. The van der Waals surface area contributed by atoms with Gasteiger partial charge in [0.2, 0.25) is 0 Å². The quantitative estimate of drug-likeness (QED) is 0.784. The normalized spacial score (nSPS) is 11.7. The van der Waals surface area contributed by atoms with Crippen LogP contribution < -0.4 is 5.32 Å². The van der Waals surface area contributed by atoms with Crippen LogP contribution in [0.3, 0.4) is 0 Å². The molecule has 0 fully saturated rings. The molecule has 0 aliphatic carbocycles. The summed E-state index contributed by atoms with van der Waals surface area (Å²) in [5, 5.41) is 16.5. The third-order valence-electron chi connectivity index (χ3n) is 3.60. The van der Waals surface area contributed by atoms with Gasteiger partial charge in [-0.15, -0.1) is 0 Å². The van der Waals surface area contributed by atoms with E-state index in [9.17, 15) is 0 Å². The number of hydrogen-bond donors (Lipinski definition) is 1. The lowest BCUT2D eigenvalue weighted by molar-refractivity contribution is 0.685. The second kappa shape index (κ2) is 6.75. The minimum absolute atomic E-state index is 0.0833. The number of hydrogen-bond acceptors (Lipinski definition) is 4. The molecular formula is C18H17N5. The molecule has 1 atom stereocenters. The van der Waals surface area contributed by atoms with Crippen molar-refractivity contribution in [2.75, 3.05) is 5.32 Å². The van der Waals surface area contributed by atoms with Gasteiger partial charge >= 0.3 is 0 Å². The van der Waals surface area contributed by atoms with Crippen LogP contribution in [0.15, 0.2) is 61.1 Å². The Labute approximate surface area is 135 Å². The summed E-state index contributed by atoms with van der Waals surface area (Å²) >= 11 is 0. The maximum Gasteiger partial charge on any atom is 0.126 e.